The van der Waals surface area contributed by atoms with Gasteiger partial charge in [0.25, 0.3) is 5.56 Å². The van der Waals surface area contributed by atoms with E-state index >= 15 is 0 Å². The van der Waals surface area contributed by atoms with Crippen molar-refractivity contribution in [3.8, 4) is 0 Å². The summed E-state index contributed by atoms with van der Waals surface area (Å²) in [7, 11) is 0. The molecule has 0 aromatic carbocycles. The van der Waals surface area contributed by atoms with Crippen molar-refractivity contribution in [3.63, 3.8) is 0 Å². The summed E-state index contributed by atoms with van der Waals surface area (Å²) in [6.45, 7) is 5.40. The molecule has 2 heterocycles. The molecule has 7 nitrogen and oxygen atoms in total. The third-order valence-electron chi connectivity index (χ3n) is 4.48. The summed E-state index contributed by atoms with van der Waals surface area (Å²) in [5.74, 6) is 0. The van der Waals surface area contributed by atoms with Crippen LogP contribution in [0.1, 0.15) is 37.9 Å². The third kappa shape index (κ3) is 4.94. The van der Waals surface area contributed by atoms with Crippen LogP contribution in [0.4, 0.5) is 0 Å². The van der Waals surface area contributed by atoms with Gasteiger partial charge < -0.3 is 19.5 Å². The second kappa shape index (κ2) is 8.04. The largest absolute Gasteiger partial charge is 0.388 e. The molecular formula is C17H29N2O5P. The first-order valence-corrected chi connectivity index (χ1v) is 11.7. The molecule has 1 aliphatic heterocycles. The van der Waals surface area contributed by atoms with Gasteiger partial charge in [0.05, 0.1) is 11.7 Å². The molecule has 3 N–H and O–H groups in total. The second-order valence-electron chi connectivity index (χ2n) is 7.41. The van der Waals surface area contributed by atoms with Crippen molar-refractivity contribution < 1.29 is 14.9 Å². The number of ether oxygens (including phenoxy) is 1. The van der Waals surface area contributed by atoms with Gasteiger partial charge in [0.1, 0.15) is 18.3 Å². The highest BCUT2D eigenvalue weighted by Crippen LogP contribution is 2.40. The molecule has 0 saturated carbocycles. The van der Waals surface area contributed by atoms with Crippen molar-refractivity contribution in [2.75, 3.05) is 19.5 Å². The van der Waals surface area contributed by atoms with Crippen LogP contribution in [0.3, 0.4) is 0 Å². The Hall–Kier alpha value is -1.14. The number of nitrogens with one attached hydrogen (secondary N) is 1. The van der Waals surface area contributed by atoms with E-state index < -0.39 is 42.6 Å². The van der Waals surface area contributed by atoms with Gasteiger partial charge in [-0.3, -0.25) is 9.78 Å². The number of aromatic amines is 1. The Bertz CT molecular complexity index is 750. The normalized spacial score (nSPS) is 26.9. The molecule has 2 rings (SSSR count). The summed E-state index contributed by atoms with van der Waals surface area (Å²) in [5, 5.41) is 20.6. The van der Waals surface area contributed by atoms with Gasteiger partial charge in [-0.05, 0) is 32.3 Å². The van der Waals surface area contributed by atoms with Crippen LogP contribution in [0.15, 0.2) is 15.8 Å². The highest BCUT2D eigenvalue weighted by molar-refractivity contribution is 7.72. The first kappa shape index (κ1) is 20.2. The van der Waals surface area contributed by atoms with E-state index in [9.17, 15) is 19.8 Å². The minimum absolute atomic E-state index is 0.174. The van der Waals surface area contributed by atoms with Crippen LogP contribution in [0, 0.1) is 0 Å². The summed E-state index contributed by atoms with van der Waals surface area (Å²) in [6, 6.07) is 0. The predicted octanol–water partition coefficient (Wildman–Crippen LogP) is 0.598. The van der Waals surface area contributed by atoms with E-state index in [1.165, 1.54) is 10.8 Å². The zero-order chi connectivity index (χ0) is 18.8. The Balaban J connectivity index is 2.24. The molecule has 0 radical (unpaired) electrons. The number of H-pyrrole nitrogens is 1. The Morgan fingerprint density at radius 3 is 2.60 bits per heavy atom. The molecule has 0 amide bonds. The van der Waals surface area contributed by atoms with Gasteiger partial charge in [-0.1, -0.05) is 13.3 Å². The van der Waals surface area contributed by atoms with Crippen molar-refractivity contribution in [3.05, 3.63) is 32.6 Å². The molecule has 1 aromatic rings. The Morgan fingerprint density at radius 2 is 2.00 bits per heavy atom. The summed E-state index contributed by atoms with van der Waals surface area (Å²) in [4.78, 5) is 26.3. The zero-order valence-corrected chi connectivity index (χ0v) is 16.0. The van der Waals surface area contributed by atoms with Crippen molar-refractivity contribution in [1.29, 1.82) is 0 Å². The van der Waals surface area contributed by atoms with Gasteiger partial charge in [-0.25, -0.2) is 4.79 Å². The maximum Gasteiger partial charge on any atom is 0.328 e. The molecule has 1 aromatic heterocycles. The molecule has 4 atom stereocenters. The Kier molecular flexibility index (Phi) is 6.49. The van der Waals surface area contributed by atoms with Crippen molar-refractivity contribution in [1.82, 2.24) is 9.55 Å². The van der Waals surface area contributed by atoms with Gasteiger partial charge in [-0.2, -0.15) is 0 Å². The van der Waals surface area contributed by atoms with Gasteiger partial charge in [0.15, 0.2) is 0 Å². The van der Waals surface area contributed by atoms with Gasteiger partial charge in [0, 0.05) is 12.7 Å². The summed E-state index contributed by atoms with van der Waals surface area (Å²) in [6.07, 6.45) is 4.93. The monoisotopic (exact) mass is 372 g/mol. The number of hydrogen-bond acceptors (Lipinski definition) is 5. The lowest BCUT2D eigenvalue weighted by Gasteiger charge is -2.18. The first-order chi connectivity index (χ1) is 11.6. The lowest BCUT2D eigenvalue weighted by Crippen LogP contribution is -2.35. The van der Waals surface area contributed by atoms with E-state index in [0.29, 0.717) is 13.0 Å². The van der Waals surface area contributed by atoms with Gasteiger partial charge in [-0.15, -0.1) is 13.2 Å². The number of aryl methyl sites for hydroxylation is 1. The van der Waals surface area contributed by atoms with Crippen LogP contribution in [0.25, 0.3) is 0 Å². The SMILES string of the molecule is C=P(C)(C)CCC1O[C@@H](c2cn(CCCC)c(=O)[nH]c2=O)[C@H](O)[C@@H]1O. The fourth-order valence-corrected chi connectivity index (χ4v) is 3.90. The highest BCUT2D eigenvalue weighted by atomic mass is 31.2. The van der Waals surface area contributed by atoms with Crippen molar-refractivity contribution >= 4 is 13.2 Å². The van der Waals surface area contributed by atoms with E-state index in [-0.39, 0.29) is 5.56 Å². The van der Waals surface area contributed by atoms with Crippen LogP contribution in [-0.4, -0.2) is 63.9 Å². The zero-order valence-electron chi connectivity index (χ0n) is 15.1. The molecule has 1 saturated heterocycles. The average molecular weight is 372 g/mol. The number of nitrogens with zero attached hydrogens (tertiary/aromatic N) is 1. The quantitative estimate of drug-likeness (QED) is 0.608. The number of aliphatic hydroxyl groups excluding tert-OH is 2. The maximum absolute atomic E-state index is 12.2. The third-order valence-corrected chi connectivity index (χ3v) is 5.95. The summed E-state index contributed by atoms with van der Waals surface area (Å²) in [5.41, 5.74) is -0.886. The van der Waals surface area contributed by atoms with Gasteiger partial charge >= 0.3 is 5.69 Å². The van der Waals surface area contributed by atoms with Crippen molar-refractivity contribution in [2.45, 2.75) is 57.1 Å². The smallest absolute Gasteiger partial charge is 0.328 e. The molecule has 142 valence electrons. The average Bonchev–Trinajstić information content (AvgIpc) is 2.80. The lowest BCUT2D eigenvalue weighted by molar-refractivity contribution is 0.00493. The number of unbranched alkanes of at least 4 members (excludes halogenated alkanes) is 1. The van der Waals surface area contributed by atoms with Crippen LogP contribution < -0.4 is 11.2 Å². The molecule has 1 fully saturated rings. The summed E-state index contributed by atoms with van der Waals surface area (Å²) < 4.78 is 7.22. The molecule has 0 bridgehead atoms. The van der Waals surface area contributed by atoms with E-state index in [0.717, 1.165) is 19.0 Å². The molecule has 1 aliphatic rings. The number of hydrogen-bond donors (Lipinski definition) is 3. The Labute approximate surface area is 147 Å². The minimum atomic E-state index is -1.28. The second-order valence-corrected chi connectivity index (χ2v) is 11.7. The topological polar surface area (TPSA) is 105 Å². The number of aliphatic hydroxyl groups is 2. The van der Waals surface area contributed by atoms with E-state index in [1.807, 2.05) is 6.92 Å². The molecule has 0 aliphatic carbocycles. The van der Waals surface area contributed by atoms with Crippen molar-refractivity contribution in [2.24, 2.45) is 0 Å². The lowest BCUT2D eigenvalue weighted by atomic mass is 10.0. The predicted molar refractivity (Wildman–Crippen MR) is 101 cm³/mol. The van der Waals surface area contributed by atoms with Crippen LogP contribution in [0.2, 0.25) is 0 Å². The molecular weight excluding hydrogens is 343 g/mol. The van der Waals surface area contributed by atoms with Gasteiger partial charge in [0.2, 0.25) is 0 Å². The molecule has 0 spiro atoms. The fourth-order valence-electron chi connectivity index (χ4n) is 2.94. The van der Waals surface area contributed by atoms with E-state index in [4.69, 9.17) is 4.74 Å². The molecule has 8 heteroatoms. The standard InChI is InChI=1S/C17H29N2O5P/c1-5-6-8-19-10-11(16(22)18-17(19)23)15-14(21)13(20)12(24-15)7-9-25(2,3)4/h10,12-15,20-21H,2,5-9H2,1,3-4H3,(H,18,22,23)/t12?,13-,14-,15+/m1/s1. The summed E-state index contributed by atoms with van der Waals surface area (Å²) >= 11 is 0. The number of aromatic nitrogens is 2. The number of rotatable bonds is 7. The highest BCUT2D eigenvalue weighted by Gasteiger charge is 2.44. The molecule has 1 unspecified atom stereocenters. The first-order valence-electron chi connectivity index (χ1n) is 8.66. The van der Waals surface area contributed by atoms with Crippen LogP contribution in [-0.2, 0) is 11.3 Å². The van der Waals surface area contributed by atoms with E-state index in [2.05, 4.69) is 24.6 Å². The molecule has 25 heavy (non-hydrogen) atoms. The van der Waals surface area contributed by atoms with Crippen LogP contribution >= 0.6 is 6.89 Å². The Morgan fingerprint density at radius 1 is 1.32 bits per heavy atom. The fraction of sp³-hybridized carbons (Fsp3) is 0.706. The maximum atomic E-state index is 12.2. The minimum Gasteiger partial charge on any atom is -0.388 e. The van der Waals surface area contributed by atoms with Crippen LogP contribution in [0.5, 0.6) is 0 Å². The van der Waals surface area contributed by atoms with E-state index in [1.54, 1.807) is 0 Å².